The Balaban J connectivity index is 1.71. The highest BCUT2D eigenvalue weighted by molar-refractivity contribution is 8.00. The fourth-order valence-corrected chi connectivity index (χ4v) is 4.18. The lowest BCUT2D eigenvalue weighted by atomic mass is 10.0. The summed E-state index contributed by atoms with van der Waals surface area (Å²) in [6.45, 7) is 5.94. The maximum atomic E-state index is 12.6. The number of H-pyrrole nitrogens is 1. The van der Waals surface area contributed by atoms with Gasteiger partial charge in [-0.15, -0.1) is 0 Å². The number of benzene rings is 1. The first kappa shape index (κ1) is 15.4. The SMILES string of the molecule is CC1(C)CN(C(=O)[C@@H](N)Cc2c[nH]c3ccccc23)CCS1. The number of nitrogens with one attached hydrogen (secondary N) is 1. The van der Waals surface area contributed by atoms with E-state index in [1.165, 1.54) is 0 Å². The fourth-order valence-electron chi connectivity index (χ4n) is 3.06. The van der Waals surface area contributed by atoms with Crippen LogP contribution in [0.25, 0.3) is 10.9 Å². The van der Waals surface area contributed by atoms with E-state index in [0.29, 0.717) is 6.42 Å². The highest BCUT2D eigenvalue weighted by Gasteiger charge is 2.32. The number of nitrogens with zero attached hydrogens (tertiary/aromatic N) is 1. The van der Waals surface area contributed by atoms with Crippen LogP contribution in [-0.4, -0.2) is 45.4 Å². The van der Waals surface area contributed by atoms with Crippen molar-refractivity contribution in [2.24, 2.45) is 5.73 Å². The molecule has 5 heteroatoms. The molecule has 4 nitrogen and oxygen atoms in total. The molecule has 0 radical (unpaired) electrons. The smallest absolute Gasteiger partial charge is 0.239 e. The van der Waals surface area contributed by atoms with Crippen molar-refractivity contribution in [3.05, 3.63) is 36.0 Å². The third kappa shape index (κ3) is 3.15. The third-order valence-electron chi connectivity index (χ3n) is 4.17. The van der Waals surface area contributed by atoms with Crippen molar-refractivity contribution < 1.29 is 4.79 Å². The molecule has 1 aromatic heterocycles. The molecular formula is C17H23N3OS. The molecule has 1 amide bonds. The van der Waals surface area contributed by atoms with Gasteiger partial charge >= 0.3 is 0 Å². The Hall–Kier alpha value is -1.46. The molecule has 1 fully saturated rings. The summed E-state index contributed by atoms with van der Waals surface area (Å²) in [7, 11) is 0. The van der Waals surface area contributed by atoms with Crippen LogP contribution in [0.3, 0.4) is 0 Å². The summed E-state index contributed by atoms with van der Waals surface area (Å²) in [5.74, 6) is 1.05. The van der Waals surface area contributed by atoms with Gasteiger partial charge in [-0.2, -0.15) is 11.8 Å². The number of para-hydroxylation sites is 1. The van der Waals surface area contributed by atoms with E-state index >= 15 is 0 Å². The molecule has 3 rings (SSSR count). The summed E-state index contributed by atoms with van der Waals surface area (Å²) in [5, 5.41) is 1.15. The molecule has 2 heterocycles. The Bertz CT molecular complexity index is 679. The molecular weight excluding hydrogens is 294 g/mol. The maximum Gasteiger partial charge on any atom is 0.239 e. The molecule has 1 atom stereocenters. The van der Waals surface area contributed by atoms with E-state index in [-0.39, 0.29) is 10.7 Å². The van der Waals surface area contributed by atoms with Crippen molar-refractivity contribution in [3.8, 4) is 0 Å². The molecule has 0 bridgehead atoms. The van der Waals surface area contributed by atoms with Crippen LogP contribution in [0.1, 0.15) is 19.4 Å². The summed E-state index contributed by atoms with van der Waals surface area (Å²) in [6.07, 6.45) is 2.54. The van der Waals surface area contributed by atoms with Crippen LogP contribution in [0.4, 0.5) is 0 Å². The molecule has 0 unspecified atom stereocenters. The monoisotopic (exact) mass is 317 g/mol. The number of aromatic amines is 1. The lowest BCUT2D eigenvalue weighted by Gasteiger charge is -2.38. The molecule has 2 aromatic rings. The van der Waals surface area contributed by atoms with Gasteiger partial charge in [0, 0.05) is 40.7 Å². The Morgan fingerprint density at radius 2 is 2.23 bits per heavy atom. The lowest BCUT2D eigenvalue weighted by molar-refractivity contribution is -0.132. The van der Waals surface area contributed by atoms with Gasteiger partial charge in [0.1, 0.15) is 0 Å². The van der Waals surface area contributed by atoms with Crippen LogP contribution in [0.2, 0.25) is 0 Å². The van der Waals surface area contributed by atoms with Crippen LogP contribution in [0.15, 0.2) is 30.5 Å². The van der Waals surface area contributed by atoms with Crippen molar-refractivity contribution in [1.82, 2.24) is 9.88 Å². The highest BCUT2D eigenvalue weighted by atomic mass is 32.2. The minimum absolute atomic E-state index is 0.0682. The molecule has 3 N–H and O–H groups in total. The van der Waals surface area contributed by atoms with Crippen LogP contribution >= 0.6 is 11.8 Å². The van der Waals surface area contributed by atoms with Gasteiger partial charge in [0.15, 0.2) is 0 Å². The topological polar surface area (TPSA) is 62.1 Å². The van der Waals surface area contributed by atoms with E-state index in [1.54, 1.807) is 0 Å². The first-order valence-corrected chi connectivity index (χ1v) is 8.68. The van der Waals surface area contributed by atoms with Crippen LogP contribution in [-0.2, 0) is 11.2 Å². The van der Waals surface area contributed by atoms with Crippen molar-refractivity contribution in [2.45, 2.75) is 31.1 Å². The minimum Gasteiger partial charge on any atom is -0.361 e. The highest BCUT2D eigenvalue weighted by Crippen LogP contribution is 2.30. The van der Waals surface area contributed by atoms with Crippen molar-refractivity contribution >= 4 is 28.6 Å². The normalized spacial score (nSPS) is 19.3. The summed E-state index contributed by atoms with van der Waals surface area (Å²) in [4.78, 5) is 17.8. The largest absolute Gasteiger partial charge is 0.361 e. The van der Waals surface area contributed by atoms with E-state index in [0.717, 1.165) is 35.3 Å². The zero-order valence-corrected chi connectivity index (χ0v) is 14.0. The first-order chi connectivity index (χ1) is 10.5. The molecule has 1 aliphatic rings. The number of amides is 1. The van der Waals surface area contributed by atoms with Gasteiger partial charge < -0.3 is 15.6 Å². The Labute approximate surface area is 135 Å². The molecule has 118 valence electrons. The van der Waals surface area contributed by atoms with E-state index in [4.69, 9.17) is 5.73 Å². The van der Waals surface area contributed by atoms with Gasteiger partial charge in [-0.3, -0.25) is 4.79 Å². The minimum atomic E-state index is -0.474. The number of carbonyl (C=O) groups is 1. The number of nitrogens with two attached hydrogens (primary N) is 1. The number of carbonyl (C=O) groups excluding carboxylic acids is 1. The Morgan fingerprint density at radius 1 is 1.45 bits per heavy atom. The van der Waals surface area contributed by atoms with E-state index in [2.05, 4.69) is 24.9 Å². The number of aromatic nitrogens is 1. The van der Waals surface area contributed by atoms with Gasteiger partial charge in [-0.25, -0.2) is 0 Å². The molecule has 0 aliphatic carbocycles. The molecule has 22 heavy (non-hydrogen) atoms. The second-order valence-corrected chi connectivity index (χ2v) is 8.34. The van der Waals surface area contributed by atoms with E-state index in [1.807, 2.05) is 41.1 Å². The number of rotatable bonds is 3. The second-order valence-electron chi connectivity index (χ2n) is 6.54. The fraction of sp³-hybridized carbons (Fsp3) is 0.471. The third-order valence-corrected chi connectivity index (χ3v) is 5.47. The lowest BCUT2D eigenvalue weighted by Crippen LogP contribution is -2.52. The van der Waals surface area contributed by atoms with Crippen LogP contribution in [0, 0.1) is 0 Å². The summed E-state index contributed by atoms with van der Waals surface area (Å²) >= 11 is 1.92. The van der Waals surface area contributed by atoms with Gasteiger partial charge in [0.25, 0.3) is 0 Å². The molecule has 1 aromatic carbocycles. The van der Waals surface area contributed by atoms with Gasteiger partial charge in [0.2, 0.25) is 5.91 Å². The number of thioether (sulfide) groups is 1. The predicted molar refractivity (Wildman–Crippen MR) is 93.1 cm³/mol. The van der Waals surface area contributed by atoms with Gasteiger partial charge in [-0.1, -0.05) is 18.2 Å². The van der Waals surface area contributed by atoms with Gasteiger partial charge in [0.05, 0.1) is 6.04 Å². The first-order valence-electron chi connectivity index (χ1n) is 7.70. The molecule has 0 spiro atoms. The average molecular weight is 317 g/mol. The standard InChI is InChI=1S/C17H23N3OS/c1-17(2)11-20(7-8-22-17)16(21)14(18)9-12-10-19-15-6-4-3-5-13(12)15/h3-6,10,14,19H,7-9,11,18H2,1-2H3/t14-/m0/s1. The van der Waals surface area contributed by atoms with Crippen LogP contribution in [0.5, 0.6) is 0 Å². The van der Waals surface area contributed by atoms with Gasteiger partial charge in [-0.05, 0) is 31.9 Å². The van der Waals surface area contributed by atoms with Crippen molar-refractivity contribution in [2.75, 3.05) is 18.8 Å². The average Bonchev–Trinajstić information content (AvgIpc) is 2.89. The second kappa shape index (κ2) is 5.97. The van der Waals surface area contributed by atoms with E-state index < -0.39 is 6.04 Å². The van der Waals surface area contributed by atoms with Crippen molar-refractivity contribution in [3.63, 3.8) is 0 Å². The number of fused-ring (bicyclic) bond motifs is 1. The molecule has 0 saturated carbocycles. The predicted octanol–water partition coefficient (Wildman–Crippen LogP) is 2.39. The van der Waals surface area contributed by atoms with E-state index in [9.17, 15) is 4.79 Å². The van der Waals surface area contributed by atoms with Crippen LogP contribution < -0.4 is 5.73 Å². The summed E-state index contributed by atoms with van der Waals surface area (Å²) < 4.78 is 0.119. The Kier molecular flexibility index (Phi) is 4.19. The maximum absolute atomic E-state index is 12.6. The number of hydrogen-bond acceptors (Lipinski definition) is 3. The Morgan fingerprint density at radius 3 is 3.00 bits per heavy atom. The molecule has 1 saturated heterocycles. The quantitative estimate of drug-likeness (QED) is 0.914. The zero-order chi connectivity index (χ0) is 15.7. The zero-order valence-electron chi connectivity index (χ0n) is 13.1. The number of hydrogen-bond donors (Lipinski definition) is 2. The molecule has 1 aliphatic heterocycles. The summed E-state index contributed by atoms with van der Waals surface area (Å²) in [5.41, 5.74) is 8.41. The van der Waals surface area contributed by atoms with Crippen molar-refractivity contribution in [1.29, 1.82) is 0 Å². The summed E-state index contributed by atoms with van der Waals surface area (Å²) in [6, 6.07) is 7.65.